The number of ether oxygens (including phenoxy) is 1. The van der Waals surface area contributed by atoms with Gasteiger partial charge in [0.2, 0.25) is 0 Å². The van der Waals surface area contributed by atoms with Crippen LogP contribution in [0.25, 0.3) is 21.8 Å². The van der Waals surface area contributed by atoms with E-state index in [4.69, 9.17) is 11.2 Å². The number of terminal acetylenes is 1. The smallest absolute Gasteiger partial charge is 0.356 e. The van der Waals surface area contributed by atoms with Gasteiger partial charge >= 0.3 is 5.97 Å². The molecule has 0 aliphatic heterocycles. The van der Waals surface area contributed by atoms with Gasteiger partial charge < -0.3 is 14.4 Å². The van der Waals surface area contributed by atoms with Crippen molar-refractivity contribution in [1.82, 2.24) is 9.55 Å². The summed E-state index contributed by atoms with van der Waals surface area (Å²) in [6.45, 7) is 0.0679. The number of rotatable bonds is 3. The number of benzene rings is 1. The van der Waals surface area contributed by atoms with Gasteiger partial charge in [-0.05, 0) is 12.1 Å². The fourth-order valence-corrected chi connectivity index (χ4v) is 2.73. The number of nitrogens with zero attached hydrogens (tertiary/aromatic N) is 2. The Kier molecular flexibility index (Phi) is 3.53. The van der Waals surface area contributed by atoms with E-state index in [0.29, 0.717) is 12.2 Å². The Morgan fingerprint density at radius 3 is 2.86 bits per heavy atom. The SMILES string of the molecule is C#CCn1c2ccccc2c2cc(C(=O)OC)nc(CO)c21. The minimum Gasteiger partial charge on any atom is -0.464 e. The zero-order valence-corrected chi connectivity index (χ0v) is 12.0. The number of aliphatic hydroxyl groups excluding tert-OH is 1. The number of carbonyl (C=O) groups excluding carboxylic acids is 1. The van der Waals surface area contributed by atoms with Crippen LogP contribution >= 0.6 is 0 Å². The first kappa shape index (κ1) is 14.1. The van der Waals surface area contributed by atoms with Crippen LogP contribution in [0.15, 0.2) is 30.3 Å². The number of hydrogen-bond donors (Lipinski definition) is 1. The summed E-state index contributed by atoms with van der Waals surface area (Å²) in [7, 11) is 1.30. The third-order valence-corrected chi connectivity index (χ3v) is 3.61. The van der Waals surface area contributed by atoms with Crippen molar-refractivity contribution in [3.8, 4) is 12.3 Å². The van der Waals surface area contributed by atoms with Gasteiger partial charge in [-0.3, -0.25) is 0 Å². The first-order valence-corrected chi connectivity index (χ1v) is 6.74. The van der Waals surface area contributed by atoms with E-state index >= 15 is 0 Å². The summed E-state index contributed by atoms with van der Waals surface area (Å²) in [5, 5.41) is 11.4. The third-order valence-electron chi connectivity index (χ3n) is 3.61. The molecule has 0 bridgehead atoms. The van der Waals surface area contributed by atoms with Crippen molar-refractivity contribution in [2.24, 2.45) is 0 Å². The summed E-state index contributed by atoms with van der Waals surface area (Å²) in [5.41, 5.74) is 2.26. The molecule has 1 aromatic carbocycles. The van der Waals surface area contributed by atoms with Crippen LogP contribution in [0, 0.1) is 12.3 Å². The largest absolute Gasteiger partial charge is 0.464 e. The van der Waals surface area contributed by atoms with Crippen LogP contribution in [-0.4, -0.2) is 27.7 Å². The van der Waals surface area contributed by atoms with E-state index < -0.39 is 5.97 Å². The second kappa shape index (κ2) is 5.51. The first-order valence-electron chi connectivity index (χ1n) is 6.74. The molecule has 0 fully saturated rings. The van der Waals surface area contributed by atoms with Crippen LogP contribution in [0.5, 0.6) is 0 Å². The normalized spacial score (nSPS) is 10.8. The molecular formula is C17H14N2O3. The molecule has 1 N–H and O–H groups in total. The van der Waals surface area contributed by atoms with Crippen molar-refractivity contribution in [2.45, 2.75) is 13.2 Å². The Bertz CT molecular complexity index is 919. The van der Waals surface area contributed by atoms with Gasteiger partial charge in [0.1, 0.15) is 5.69 Å². The molecule has 5 heteroatoms. The number of aliphatic hydroxyl groups is 1. The molecule has 0 unspecified atom stereocenters. The molecule has 0 aliphatic rings. The van der Waals surface area contributed by atoms with E-state index in [2.05, 4.69) is 10.9 Å². The number of hydrogen-bond acceptors (Lipinski definition) is 4. The van der Waals surface area contributed by atoms with Crippen LogP contribution in [-0.2, 0) is 17.9 Å². The Labute approximate surface area is 127 Å². The molecule has 0 radical (unpaired) electrons. The van der Waals surface area contributed by atoms with Crippen molar-refractivity contribution in [2.75, 3.05) is 7.11 Å². The lowest BCUT2D eigenvalue weighted by Crippen LogP contribution is -2.08. The minimum atomic E-state index is -0.537. The standard InChI is InChI=1S/C17H14N2O3/c1-3-8-19-15-7-5-4-6-11(15)12-9-13(17(21)22-2)18-14(10-20)16(12)19/h1,4-7,9,20H,8,10H2,2H3. The zero-order chi connectivity index (χ0) is 15.7. The summed E-state index contributed by atoms with van der Waals surface area (Å²) in [4.78, 5) is 16.0. The van der Waals surface area contributed by atoms with Gasteiger partial charge in [-0.25, -0.2) is 9.78 Å². The van der Waals surface area contributed by atoms with Crippen LogP contribution < -0.4 is 0 Å². The molecule has 0 saturated heterocycles. The summed E-state index contributed by atoms with van der Waals surface area (Å²) < 4.78 is 6.65. The van der Waals surface area contributed by atoms with E-state index in [1.165, 1.54) is 7.11 Å². The maximum absolute atomic E-state index is 11.8. The number of pyridine rings is 1. The van der Waals surface area contributed by atoms with E-state index in [1.807, 2.05) is 28.8 Å². The molecule has 5 nitrogen and oxygen atoms in total. The first-order chi connectivity index (χ1) is 10.7. The number of carbonyl (C=O) groups is 1. The van der Waals surface area contributed by atoms with Crippen LogP contribution in [0.4, 0.5) is 0 Å². The maximum atomic E-state index is 11.8. The maximum Gasteiger partial charge on any atom is 0.356 e. The second-order valence-electron chi connectivity index (χ2n) is 4.81. The summed E-state index contributed by atoms with van der Waals surface area (Å²) in [6, 6.07) is 9.41. The van der Waals surface area contributed by atoms with Crippen LogP contribution in [0.3, 0.4) is 0 Å². The van der Waals surface area contributed by atoms with E-state index in [-0.39, 0.29) is 12.3 Å². The average molecular weight is 294 g/mol. The molecule has 2 aromatic heterocycles. The average Bonchev–Trinajstić information content (AvgIpc) is 2.88. The highest BCUT2D eigenvalue weighted by atomic mass is 16.5. The summed E-state index contributed by atoms with van der Waals surface area (Å²) >= 11 is 0. The number of aromatic nitrogens is 2. The fraction of sp³-hybridized carbons (Fsp3) is 0.176. The number of methoxy groups -OCH3 is 1. The van der Waals surface area contributed by atoms with Crippen LogP contribution in [0.2, 0.25) is 0 Å². The van der Waals surface area contributed by atoms with Gasteiger partial charge in [0.05, 0.1) is 37.0 Å². The Morgan fingerprint density at radius 1 is 1.41 bits per heavy atom. The molecule has 22 heavy (non-hydrogen) atoms. The minimum absolute atomic E-state index is 0.169. The Balaban J connectivity index is 2.47. The quantitative estimate of drug-likeness (QED) is 0.593. The molecule has 0 saturated carbocycles. The van der Waals surface area contributed by atoms with Gasteiger partial charge in [-0.15, -0.1) is 6.42 Å². The molecule has 0 atom stereocenters. The lowest BCUT2D eigenvalue weighted by molar-refractivity contribution is 0.0593. The Hall–Kier alpha value is -2.84. The highest BCUT2D eigenvalue weighted by Gasteiger charge is 2.18. The predicted molar refractivity (Wildman–Crippen MR) is 83.3 cm³/mol. The zero-order valence-electron chi connectivity index (χ0n) is 12.0. The lowest BCUT2D eigenvalue weighted by atomic mass is 10.1. The topological polar surface area (TPSA) is 64.4 Å². The fourth-order valence-electron chi connectivity index (χ4n) is 2.73. The van der Waals surface area contributed by atoms with Gasteiger partial charge in [-0.2, -0.15) is 0 Å². The Morgan fingerprint density at radius 2 is 2.18 bits per heavy atom. The highest BCUT2D eigenvalue weighted by molar-refractivity contribution is 6.10. The van der Waals surface area contributed by atoms with E-state index in [1.54, 1.807) is 6.07 Å². The predicted octanol–water partition coefficient (Wildman–Crippen LogP) is 2.10. The number of para-hydroxylation sites is 1. The van der Waals surface area contributed by atoms with Crippen molar-refractivity contribution < 1.29 is 14.6 Å². The molecular weight excluding hydrogens is 280 g/mol. The van der Waals surface area contributed by atoms with Gasteiger partial charge in [0.25, 0.3) is 0 Å². The molecule has 110 valence electrons. The van der Waals surface area contributed by atoms with Crippen LogP contribution in [0.1, 0.15) is 16.2 Å². The molecule has 0 aliphatic carbocycles. The van der Waals surface area contributed by atoms with Crippen molar-refractivity contribution >= 4 is 27.8 Å². The molecule has 0 amide bonds. The van der Waals surface area contributed by atoms with Gasteiger partial charge in [0, 0.05) is 10.8 Å². The highest BCUT2D eigenvalue weighted by Crippen LogP contribution is 2.31. The van der Waals surface area contributed by atoms with Crippen molar-refractivity contribution in [1.29, 1.82) is 0 Å². The van der Waals surface area contributed by atoms with Crippen molar-refractivity contribution in [3.05, 3.63) is 41.7 Å². The third kappa shape index (κ3) is 2.01. The summed E-state index contributed by atoms with van der Waals surface area (Å²) in [5.74, 6) is 2.08. The van der Waals surface area contributed by atoms with E-state index in [9.17, 15) is 9.90 Å². The summed E-state index contributed by atoms with van der Waals surface area (Å²) in [6.07, 6.45) is 5.47. The monoisotopic (exact) mass is 294 g/mol. The lowest BCUT2D eigenvalue weighted by Gasteiger charge is -2.07. The van der Waals surface area contributed by atoms with E-state index in [0.717, 1.165) is 21.8 Å². The molecule has 3 rings (SSSR count). The number of esters is 1. The van der Waals surface area contributed by atoms with Crippen molar-refractivity contribution in [3.63, 3.8) is 0 Å². The second-order valence-corrected chi connectivity index (χ2v) is 4.81. The molecule has 3 aromatic rings. The number of fused-ring (bicyclic) bond motifs is 3. The molecule has 0 spiro atoms. The molecule has 2 heterocycles. The van der Waals surface area contributed by atoms with Gasteiger partial charge in [0.15, 0.2) is 0 Å². The van der Waals surface area contributed by atoms with Gasteiger partial charge in [-0.1, -0.05) is 24.1 Å².